The van der Waals surface area contributed by atoms with Crippen molar-refractivity contribution in [1.29, 1.82) is 0 Å². The second-order valence-corrected chi connectivity index (χ2v) is 3.77. The maximum absolute atomic E-state index is 11.4. The summed E-state index contributed by atoms with van der Waals surface area (Å²) in [4.78, 5) is 11.4. The number of carbonyl (C=O) groups is 1. The van der Waals surface area contributed by atoms with Crippen molar-refractivity contribution in [2.24, 2.45) is 0 Å². The molecule has 0 bridgehead atoms. The summed E-state index contributed by atoms with van der Waals surface area (Å²) in [6.07, 6.45) is 1.94. The monoisotopic (exact) mass is 218 g/mol. The van der Waals surface area contributed by atoms with Crippen LogP contribution >= 0.6 is 0 Å². The fourth-order valence-electron chi connectivity index (χ4n) is 1.54. The molecule has 0 aliphatic heterocycles. The molecule has 0 saturated carbocycles. The minimum Gasteiger partial charge on any atom is -0.463 e. The maximum Gasteiger partial charge on any atom is 0.333 e. The number of benzene rings is 1. The van der Waals surface area contributed by atoms with E-state index < -0.39 is 0 Å². The molecule has 0 fully saturated rings. The highest BCUT2D eigenvalue weighted by molar-refractivity contribution is 5.87. The predicted molar refractivity (Wildman–Crippen MR) is 65.2 cm³/mol. The first-order valence-corrected chi connectivity index (χ1v) is 5.55. The van der Waals surface area contributed by atoms with Crippen LogP contribution in [0.1, 0.15) is 32.3 Å². The zero-order valence-corrected chi connectivity index (χ0v) is 10.1. The smallest absolute Gasteiger partial charge is 0.333 e. The lowest BCUT2D eigenvalue weighted by Crippen LogP contribution is -2.06. The predicted octanol–water partition coefficient (Wildman–Crippen LogP) is 3.30. The SMILES string of the molecule is CCOC(=O)C(C)=CC(C)c1ccccc1. The number of hydrogen-bond acceptors (Lipinski definition) is 2. The summed E-state index contributed by atoms with van der Waals surface area (Å²) in [5, 5.41) is 0. The quantitative estimate of drug-likeness (QED) is 0.572. The third kappa shape index (κ3) is 3.54. The van der Waals surface area contributed by atoms with Crippen LogP contribution in [-0.2, 0) is 9.53 Å². The molecule has 0 aromatic heterocycles. The Bertz CT molecular complexity index is 366. The first-order valence-electron chi connectivity index (χ1n) is 5.55. The highest BCUT2D eigenvalue weighted by atomic mass is 16.5. The average Bonchev–Trinajstić information content (AvgIpc) is 2.30. The van der Waals surface area contributed by atoms with Gasteiger partial charge in [-0.05, 0) is 25.3 Å². The van der Waals surface area contributed by atoms with Crippen molar-refractivity contribution in [3.05, 3.63) is 47.5 Å². The van der Waals surface area contributed by atoms with E-state index in [0.29, 0.717) is 12.2 Å². The number of carbonyl (C=O) groups excluding carboxylic acids is 1. The van der Waals surface area contributed by atoms with Crippen LogP contribution in [0.3, 0.4) is 0 Å². The zero-order valence-electron chi connectivity index (χ0n) is 10.1. The van der Waals surface area contributed by atoms with Gasteiger partial charge in [-0.1, -0.05) is 43.3 Å². The van der Waals surface area contributed by atoms with Gasteiger partial charge in [-0.25, -0.2) is 4.79 Å². The van der Waals surface area contributed by atoms with E-state index in [0.717, 1.165) is 0 Å². The summed E-state index contributed by atoms with van der Waals surface area (Å²) in [6, 6.07) is 10.1. The van der Waals surface area contributed by atoms with Crippen LogP contribution in [0.4, 0.5) is 0 Å². The Morgan fingerprint density at radius 2 is 2.00 bits per heavy atom. The Hall–Kier alpha value is -1.57. The molecular formula is C14H18O2. The highest BCUT2D eigenvalue weighted by Crippen LogP contribution is 2.18. The van der Waals surface area contributed by atoms with Gasteiger partial charge in [0, 0.05) is 5.57 Å². The fraction of sp³-hybridized carbons (Fsp3) is 0.357. The molecule has 0 heterocycles. The van der Waals surface area contributed by atoms with Crippen molar-refractivity contribution in [1.82, 2.24) is 0 Å². The maximum atomic E-state index is 11.4. The molecule has 0 saturated heterocycles. The number of esters is 1. The highest BCUT2D eigenvalue weighted by Gasteiger charge is 2.07. The number of ether oxygens (including phenoxy) is 1. The molecule has 16 heavy (non-hydrogen) atoms. The van der Waals surface area contributed by atoms with Crippen LogP contribution in [0.5, 0.6) is 0 Å². The zero-order chi connectivity index (χ0) is 12.0. The number of hydrogen-bond donors (Lipinski definition) is 0. The van der Waals surface area contributed by atoms with Crippen LogP contribution in [0, 0.1) is 0 Å². The van der Waals surface area contributed by atoms with E-state index in [1.165, 1.54) is 5.56 Å². The van der Waals surface area contributed by atoms with Crippen molar-refractivity contribution in [2.45, 2.75) is 26.7 Å². The van der Waals surface area contributed by atoms with Crippen LogP contribution in [-0.4, -0.2) is 12.6 Å². The molecule has 0 aliphatic rings. The molecule has 0 aliphatic carbocycles. The molecule has 1 unspecified atom stereocenters. The van der Waals surface area contributed by atoms with E-state index >= 15 is 0 Å². The van der Waals surface area contributed by atoms with Gasteiger partial charge in [-0.3, -0.25) is 0 Å². The first kappa shape index (κ1) is 12.5. The minimum absolute atomic E-state index is 0.227. The Labute approximate surface area is 96.9 Å². The Kier molecular flexibility index (Phi) is 4.77. The van der Waals surface area contributed by atoms with Crippen LogP contribution in [0.2, 0.25) is 0 Å². The van der Waals surface area contributed by atoms with Gasteiger partial charge in [0.05, 0.1) is 6.61 Å². The third-order valence-electron chi connectivity index (χ3n) is 2.42. The number of rotatable bonds is 4. The average molecular weight is 218 g/mol. The van der Waals surface area contributed by atoms with Gasteiger partial charge in [-0.15, -0.1) is 0 Å². The molecular weight excluding hydrogens is 200 g/mol. The molecule has 2 nitrogen and oxygen atoms in total. The summed E-state index contributed by atoms with van der Waals surface area (Å²) in [5.41, 5.74) is 1.87. The van der Waals surface area contributed by atoms with Gasteiger partial charge in [-0.2, -0.15) is 0 Å². The van der Waals surface area contributed by atoms with Crippen LogP contribution < -0.4 is 0 Å². The van der Waals surface area contributed by atoms with E-state index in [1.807, 2.05) is 31.2 Å². The van der Waals surface area contributed by atoms with E-state index in [2.05, 4.69) is 19.1 Å². The van der Waals surface area contributed by atoms with Crippen molar-refractivity contribution in [3.8, 4) is 0 Å². The van der Waals surface area contributed by atoms with Gasteiger partial charge < -0.3 is 4.74 Å². The van der Waals surface area contributed by atoms with Crippen molar-refractivity contribution >= 4 is 5.97 Å². The van der Waals surface area contributed by atoms with Crippen LogP contribution in [0.25, 0.3) is 0 Å². The Morgan fingerprint density at radius 3 is 2.56 bits per heavy atom. The minimum atomic E-state index is -0.231. The number of allylic oxidation sites excluding steroid dienone is 1. The molecule has 0 amide bonds. The molecule has 1 atom stereocenters. The lowest BCUT2D eigenvalue weighted by molar-refractivity contribution is -0.138. The van der Waals surface area contributed by atoms with Crippen molar-refractivity contribution < 1.29 is 9.53 Å². The standard InChI is InChI=1S/C14H18O2/c1-4-16-14(15)12(3)10-11(2)13-8-6-5-7-9-13/h5-11H,4H2,1-3H3. The van der Waals surface area contributed by atoms with Gasteiger partial charge in [0.2, 0.25) is 0 Å². The summed E-state index contributed by atoms with van der Waals surface area (Å²) in [5.74, 6) is -0.00381. The van der Waals surface area contributed by atoms with Crippen LogP contribution in [0.15, 0.2) is 42.0 Å². The topological polar surface area (TPSA) is 26.3 Å². The van der Waals surface area contributed by atoms with E-state index in [1.54, 1.807) is 6.92 Å². The normalized spacial score (nSPS) is 13.3. The van der Waals surface area contributed by atoms with Gasteiger partial charge >= 0.3 is 5.97 Å². The van der Waals surface area contributed by atoms with Gasteiger partial charge in [0.15, 0.2) is 0 Å². The molecule has 1 aromatic carbocycles. The van der Waals surface area contributed by atoms with E-state index in [9.17, 15) is 4.79 Å². The Morgan fingerprint density at radius 1 is 1.38 bits per heavy atom. The first-order chi connectivity index (χ1) is 7.65. The molecule has 2 heteroatoms. The third-order valence-corrected chi connectivity index (χ3v) is 2.42. The second kappa shape index (κ2) is 6.11. The second-order valence-electron chi connectivity index (χ2n) is 3.77. The molecule has 1 rings (SSSR count). The van der Waals surface area contributed by atoms with Gasteiger partial charge in [0.1, 0.15) is 0 Å². The molecule has 86 valence electrons. The van der Waals surface area contributed by atoms with Crippen molar-refractivity contribution in [3.63, 3.8) is 0 Å². The van der Waals surface area contributed by atoms with Gasteiger partial charge in [0.25, 0.3) is 0 Å². The Balaban J connectivity index is 2.73. The summed E-state index contributed by atoms with van der Waals surface area (Å²) in [7, 11) is 0. The molecule has 0 radical (unpaired) electrons. The summed E-state index contributed by atoms with van der Waals surface area (Å²) < 4.78 is 4.93. The van der Waals surface area contributed by atoms with E-state index in [4.69, 9.17) is 4.74 Å². The molecule has 1 aromatic rings. The largest absolute Gasteiger partial charge is 0.463 e. The lowest BCUT2D eigenvalue weighted by atomic mass is 9.99. The van der Waals surface area contributed by atoms with Crippen molar-refractivity contribution in [2.75, 3.05) is 6.61 Å². The molecule has 0 N–H and O–H groups in total. The lowest BCUT2D eigenvalue weighted by Gasteiger charge is -2.08. The summed E-state index contributed by atoms with van der Waals surface area (Å²) >= 11 is 0. The fourth-order valence-corrected chi connectivity index (χ4v) is 1.54. The van der Waals surface area contributed by atoms with E-state index in [-0.39, 0.29) is 11.9 Å². The molecule has 0 spiro atoms. The summed E-state index contributed by atoms with van der Waals surface area (Å²) in [6.45, 7) is 6.09.